The van der Waals surface area contributed by atoms with Crippen molar-refractivity contribution in [1.82, 2.24) is 9.88 Å². The van der Waals surface area contributed by atoms with Gasteiger partial charge in [-0.25, -0.2) is 18.4 Å². The minimum atomic E-state index is -1.13. The SMILES string of the molecule is COc1c(N2CCNC(C)C2)c(F)cc2c(=O)c(C(=O)OCc3oc(=O)oc3COC(=O)C(C)c3ccc(-c4ccccc4)c(F)c3)cn(C3CC3)c12. The normalized spacial score (nSPS) is 16.4. The summed E-state index contributed by atoms with van der Waals surface area (Å²) < 4.78 is 59.1. The number of esters is 2. The molecule has 2 aromatic heterocycles. The molecule has 1 saturated carbocycles. The molecule has 0 radical (unpaired) electrons. The lowest BCUT2D eigenvalue weighted by molar-refractivity contribution is -0.147. The number of anilines is 1. The molecule has 7 rings (SSSR count). The second-order valence-corrected chi connectivity index (χ2v) is 13.3. The van der Waals surface area contributed by atoms with Crippen molar-refractivity contribution in [2.75, 3.05) is 31.6 Å². The fourth-order valence-electron chi connectivity index (χ4n) is 6.67. The molecule has 12 nitrogen and oxygen atoms in total. The van der Waals surface area contributed by atoms with E-state index in [1.165, 1.54) is 19.4 Å². The van der Waals surface area contributed by atoms with Gasteiger partial charge in [-0.2, -0.15) is 0 Å². The number of hydrogen-bond donors (Lipinski definition) is 1. The minimum absolute atomic E-state index is 0.0428. The van der Waals surface area contributed by atoms with Crippen molar-refractivity contribution in [3.63, 3.8) is 0 Å². The Kier molecular flexibility index (Phi) is 9.88. The van der Waals surface area contributed by atoms with Crippen LogP contribution in [-0.4, -0.2) is 49.3 Å². The maximum Gasteiger partial charge on any atom is 0.519 e. The first-order chi connectivity index (χ1) is 25.5. The van der Waals surface area contributed by atoms with Crippen molar-refractivity contribution in [3.05, 3.63) is 116 Å². The number of carbonyl (C=O) groups is 2. The number of methoxy groups -OCH3 is 1. The van der Waals surface area contributed by atoms with Crippen LogP contribution in [0.25, 0.3) is 22.0 Å². The molecular formula is C39H37F2N3O9. The van der Waals surface area contributed by atoms with Gasteiger partial charge < -0.3 is 37.8 Å². The third-order valence-corrected chi connectivity index (χ3v) is 9.58. The molecule has 1 aliphatic carbocycles. The van der Waals surface area contributed by atoms with Gasteiger partial charge in [0.2, 0.25) is 5.43 Å². The van der Waals surface area contributed by atoms with Crippen molar-refractivity contribution in [2.45, 2.75) is 57.9 Å². The summed E-state index contributed by atoms with van der Waals surface area (Å²) in [6.45, 7) is 4.06. The van der Waals surface area contributed by atoms with Gasteiger partial charge in [0.25, 0.3) is 0 Å². The molecule has 14 heteroatoms. The zero-order valence-electron chi connectivity index (χ0n) is 29.3. The summed E-state index contributed by atoms with van der Waals surface area (Å²) in [6.07, 6.45) is 2.95. The van der Waals surface area contributed by atoms with Crippen molar-refractivity contribution >= 4 is 28.5 Å². The molecule has 1 N–H and O–H groups in total. The summed E-state index contributed by atoms with van der Waals surface area (Å²) >= 11 is 0. The lowest BCUT2D eigenvalue weighted by Gasteiger charge is -2.35. The van der Waals surface area contributed by atoms with E-state index in [2.05, 4.69) is 5.32 Å². The Bertz CT molecular complexity index is 2310. The highest BCUT2D eigenvalue weighted by Gasteiger charge is 2.33. The van der Waals surface area contributed by atoms with Gasteiger partial charge in [-0.1, -0.05) is 42.5 Å². The predicted molar refractivity (Wildman–Crippen MR) is 189 cm³/mol. The molecule has 3 heterocycles. The smallest absolute Gasteiger partial charge is 0.492 e. The summed E-state index contributed by atoms with van der Waals surface area (Å²) in [4.78, 5) is 54.0. The van der Waals surface area contributed by atoms with Gasteiger partial charge in [0.1, 0.15) is 17.1 Å². The van der Waals surface area contributed by atoms with Crippen LogP contribution in [0, 0.1) is 11.6 Å². The second-order valence-electron chi connectivity index (χ2n) is 13.3. The van der Waals surface area contributed by atoms with E-state index in [9.17, 15) is 23.6 Å². The Labute approximate surface area is 301 Å². The average Bonchev–Trinajstić information content (AvgIpc) is 3.94. The van der Waals surface area contributed by atoms with Gasteiger partial charge in [-0.15, -0.1) is 0 Å². The number of hydrogen-bond acceptors (Lipinski definition) is 11. The molecule has 1 aliphatic heterocycles. The Hall–Kier alpha value is -5.76. The fraction of sp³-hybridized carbons (Fsp3) is 0.333. The number of benzene rings is 3. The van der Waals surface area contributed by atoms with Crippen molar-refractivity contribution in [1.29, 1.82) is 0 Å². The molecule has 3 aromatic carbocycles. The number of nitrogens with zero attached hydrogens (tertiary/aromatic N) is 2. The highest BCUT2D eigenvalue weighted by Crippen LogP contribution is 2.44. The summed E-state index contributed by atoms with van der Waals surface area (Å²) in [5, 5.41) is 3.29. The molecule has 2 unspecified atom stereocenters. The number of halogens is 2. The summed E-state index contributed by atoms with van der Waals surface area (Å²) in [5.41, 5.74) is 0.960. The monoisotopic (exact) mass is 729 g/mol. The van der Waals surface area contributed by atoms with Gasteiger partial charge >= 0.3 is 17.8 Å². The largest absolute Gasteiger partial charge is 0.519 e. The quantitative estimate of drug-likeness (QED) is 0.164. The number of rotatable bonds is 11. The number of carbonyl (C=O) groups excluding carboxylic acids is 2. The molecule has 1 saturated heterocycles. The van der Waals surface area contributed by atoms with Crippen LogP contribution in [0.3, 0.4) is 0 Å². The van der Waals surface area contributed by atoms with Crippen molar-refractivity contribution in [3.8, 4) is 16.9 Å². The molecule has 2 aliphatic rings. The van der Waals surface area contributed by atoms with Gasteiger partial charge in [0.15, 0.2) is 36.3 Å². The zero-order valence-corrected chi connectivity index (χ0v) is 29.3. The third-order valence-electron chi connectivity index (χ3n) is 9.58. The van der Waals surface area contributed by atoms with Crippen molar-refractivity contribution in [2.24, 2.45) is 0 Å². The molecule has 2 fully saturated rings. The van der Waals surface area contributed by atoms with Crippen molar-refractivity contribution < 1.29 is 41.4 Å². The van der Waals surface area contributed by atoms with Gasteiger partial charge in [0.05, 0.1) is 23.9 Å². The van der Waals surface area contributed by atoms with Crippen LogP contribution in [0.2, 0.25) is 0 Å². The maximum atomic E-state index is 15.8. The number of pyridine rings is 1. The van der Waals surface area contributed by atoms with E-state index in [-0.39, 0.29) is 46.0 Å². The van der Waals surface area contributed by atoms with Crippen LogP contribution in [0.4, 0.5) is 14.5 Å². The Morgan fingerprint density at radius 3 is 2.36 bits per heavy atom. The molecule has 0 spiro atoms. The maximum absolute atomic E-state index is 15.8. The van der Waals surface area contributed by atoms with E-state index in [0.717, 1.165) is 18.9 Å². The highest BCUT2D eigenvalue weighted by molar-refractivity contribution is 5.97. The molecule has 276 valence electrons. The van der Waals surface area contributed by atoms with Crippen LogP contribution < -0.4 is 26.2 Å². The van der Waals surface area contributed by atoms with Crippen LogP contribution in [-0.2, 0) is 27.5 Å². The zero-order chi connectivity index (χ0) is 37.4. The molecule has 0 bridgehead atoms. The lowest BCUT2D eigenvalue weighted by Crippen LogP contribution is -2.49. The number of piperazine rings is 1. The van der Waals surface area contributed by atoms with Gasteiger partial charge in [-0.05, 0) is 49.9 Å². The molecule has 0 amide bonds. The predicted octanol–water partition coefficient (Wildman–Crippen LogP) is 5.84. The molecular weight excluding hydrogens is 692 g/mol. The van der Waals surface area contributed by atoms with E-state index in [4.69, 9.17) is 23.0 Å². The standard InChI is InChI=1S/C39H37F2N3O9/c1-21-17-43(14-13-42-21)34-30(41)16-27-33(36(34)49-3)44(25-10-11-25)18-28(35(27)45)38(47)51-20-32-31(52-39(48)53-32)19-50-37(46)22(2)24-9-12-26(29(40)15-24)23-7-5-4-6-8-23/h4-9,12,15-16,18,21-22,25,42H,10-11,13-14,17,19-20H2,1-3H3. The first kappa shape index (κ1) is 35.6. The van der Waals surface area contributed by atoms with E-state index >= 15 is 4.39 Å². The fourth-order valence-corrected chi connectivity index (χ4v) is 6.67. The topological polar surface area (TPSA) is 142 Å². The second kappa shape index (κ2) is 14.7. The number of aromatic nitrogens is 1. The summed E-state index contributed by atoms with van der Waals surface area (Å²) in [6, 6.07) is 14.6. The summed E-state index contributed by atoms with van der Waals surface area (Å²) in [7, 11) is 1.42. The van der Waals surface area contributed by atoms with E-state index < -0.39 is 54.0 Å². The summed E-state index contributed by atoms with van der Waals surface area (Å²) in [5.74, 6) is -5.21. The van der Waals surface area contributed by atoms with E-state index in [1.807, 2.05) is 17.9 Å². The number of ether oxygens (including phenoxy) is 3. The van der Waals surface area contributed by atoms with E-state index in [1.54, 1.807) is 47.9 Å². The first-order valence-corrected chi connectivity index (χ1v) is 17.3. The Morgan fingerprint density at radius 1 is 0.981 bits per heavy atom. The minimum Gasteiger partial charge on any atom is -0.492 e. The van der Waals surface area contributed by atoms with Crippen LogP contribution >= 0.6 is 0 Å². The average molecular weight is 730 g/mol. The van der Waals surface area contributed by atoms with Crippen LogP contribution in [0.5, 0.6) is 5.75 Å². The highest BCUT2D eigenvalue weighted by atomic mass is 19.1. The van der Waals surface area contributed by atoms with Crippen LogP contribution in [0.15, 0.2) is 79.2 Å². The molecule has 2 atom stereocenters. The lowest BCUT2D eigenvalue weighted by atomic mass is 9.97. The number of nitrogens with one attached hydrogen (secondary N) is 1. The number of fused-ring (bicyclic) bond motifs is 1. The molecule has 5 aromatic rings. The van der Waals surface area contributed by atoms with E-state index in [0.29, 0.717) is 41.8 Å². The first-order valence-electron chi connectivity index (χ1n) is 17.3. The van der Waals surface area contributed by atoms with Crippen LogP contribution in [0.1, 0.15) is 66.1 Å². The Morgan fingerprint density at radius 2 is 1.70 bits per heavy atom. The third kappa shape index (κ3) is 7.18. The Balaban J connectivity index is 1.07. The molecule has 53 heavy (non-hydrogen) atoms. The van der Waals surface area contributed by atoms with Gasteiger partial charge in [0, 0.05) is 43.5 Å². The van der Waals surface area contributed by atoms with Gasteiger partial charge in [-0.3, -0.25) is 9.59 Å².